The standard InChI is InChI=1S/C18H25N5O3S/c1-12-3-7-22(8-4-12)11-14-13(2)19-17(27-14)20-15(24)5-9-23-10-6-16(25)21-18(23)26/h6,10,12H,3-5,7-9,11H2,1-2H3,(H,19,20,24)(H,21,25,26). The number of piperidine rings is 1. The third-order valence-corrected chi connectivity index (χ3v) is 5.92. The van der Waals surface area contributed by atoms with Gasteiger partial charge in [0.2, 0.25) is 5.91 Å². The van der Waals surface area contributed by atoms with Gasteiger partial charge in [-0.2, -0.15) is 0 Å². The van der Waals surface area contributed by atoms with E-state index in [9.17, 15) is 14.4 Å². The second-order valence-electron chi connectivity index (χ2n) is 7.09. The molecule has 1 amide bonds. The van der Waals surface area contributed by atoms with Gasteiger partial charge in [-0.3, -0.25) is 19.5 Å². The molecule has 0 aliphatic carbocycles. The molecule has 0 spiro atoms. The predicted molar refractivity (Wildman–Crippen MR) is 105 cm³/mol. The molecular formula is C18H25N5O3S. The third kappa shape index (κ3) is 5.36. The summed E-state index contributed by atoms with van der Waals surface area (Å²) in [5.41, 5.74) is -0.0149. The Morgan fingerprint density at radius 2 is 2.11 bits per heavy atom. The van der Waals surface area contributed by atoms with Crippen LogP contribution in [0.2, 0.25) is 0 Å². The van der Waals surface area contributed by atoms with Crippen molar-refractivity contribution in [2.24, 2.45) is 5.92 Å². The maximum Gasteiger partial charge on any atom is 0.328 e. The highest BCUT2D eigenvalue weighted by Gasteiger charge is 2.18. The van der Waals surface area contributed by atoms with E-state index in [1.807, 2.05) is 6.92 Å². The molecular weight excluding hydrogens is 366 g/mol. The lowest BCUT2D eigenvalue weighted by Crippen LogP contribution is -2.32. The number of hydrogen-bond acceptors (Lipinski definition) is 6. The largest absolute Gasteiger partial charge is 0.328 e. The van der Waals surface area contributed by atoms with Crippen LogP contribution in [0.5, 0.6) is 0 Å². The van der Waals surface area contributed by atoms with Gasteiger partial charge in [0.1, 0.15) is 0 Å². The van der Waals surface area contributed by atoms with Gasteiger partial charge in [0.15, 0.2) is 5.13 Å². The number of likely N-dealkylation sites (tertiary alicyclic amines) is 1. The van der Waals surface area contributed by atoms with E-state index in [2.05, 4.69) is 27.1 Å². The van der Waals surface area contributed by atoms with Gasteiger partial charge in [0.05, 0.1) is 5.69 Å². The molecule has 0 saturated carbocycles. The average molecular weight is 391 g/mol. The van der Waals surface area contributed by atoms with Crippen molar-refractivity contribution in [3.8, 4) is 0 Å². The summed E-state index contributed by atoms with van der Waals surface area (Å²) >= 11 is 1.51. The molecule has 3 heterocycles. The first-order valence-corrected chi connectivity index (χ1v) is 10.0. The Hall–Kier alpha value is -2.26. The number of carbonyl (C=O) groups excluding carboxylic acids is 1. The molecule has 9 heteroatoms. The van der Waals surface area contributed by atoms with Crippen molar-refractivity contribution in [2.75, 3.05) is 18.4 Å². The molecule has 3 rings (SSSR count). The summed E-state index contributed by atoms with van der Waals surface area (Å²) in [7, 11) is 0. The molecule has 2 aromatic rings. The number of nitrogens with zero attached hydrogens (tertiary/aromatic N) is 3. The fourth-order valence-electron chi connectivity index (χ4n) is 3.08. The van der Waals surface area contributed by atoms with Gasteiger partial charge in [-0.05, 0) is 38.8 Å². The predicted octanol–water partition coefficient (Wildman–Crippen LogP) is 1.56. The maximum absolute atomic E-state index is 12.2. The number of aromatic nitrogens is 3. The zero-order chi connectivity index (χ0) is 19.4. The van der Waals surface area contributed by atoms with E-state index < -0.39 is 11.2 Å². The van der Waals surface area contributed by atoms with Crippen molar-refractivity contribution in [3.63, 3.8) is 0 Å². The fraction of sp³-hybridized carbons (Fsp3) is 0.556. The van der Waals surface area contributed by atoms with Crippen molar-refractivity contribution in [1.29, 1.82) is 0 Å². The normalized spacial score (nSPS) is 15.8. The lowest BCUT2D eigenvalue weighted by atomic mass is 9.99. The Morgan fingerprint density at radius 1 is 1.37 bits per heavy atom. The second kappa shape index (κ2) is 8.62. The van der Waals surface area contributed by atoms with E-state index in [-0.39, 0.29) is 18.9 Å². The lowest BCUT2D eigenvalue weighted by Gasteiger charge is -2.29. The number of anilines is 1. The minimum atomic E-state index is -0.515. The number of nitrogens with one attached hydrogen (secondary N) is 2. The van der Waals surface area contributed by atoms with Crippen LogP contribution in [0.4, 0.5) is 5.13 Å². The molecule has 0 bridgehead atoms. The zero-order valence-corrected chi connectivity index (χ0v) is 16.5. The molecule has 2 aromatic heterocycles. The minimum absolute atomic E-state index is 0.129. The van der Waals surface area contributed by atoms with Gasteiger partial charge < -0.3 is 9.88 Å². The van der Waals surface area contributed by atoms with Crippen molar-refractivity contribution in [2.45, 2.75) is 46.2 Å². The molecule has 27 heavy (non-hydrogen) atoms. The van der Waals surface area contributed by atoms with Crippen molar-refractivity contribution in [1.82, 2.24) is 19.4 Å². The van der Waals surface area contributed by atoms with E-state index in [0.29, 0.717) is 5.13 Å². The Balaban J connectivity index is 1.53. The van der Waals surface area contributed by atoms with Crippen molar-refractivity contribution >= 4 is 22.4 Å². The summed E-state index contributed by atoms with van der Waals surface area (Å²) in [5.74, 6) is 0.591. The molecule has 1 saturated heterocycles. The minimum Gasteiger partial charge on any atom is -0.302 e. The van der Waals surface area contributed by atoms with Crippen LogP contribution in [0.15, 0.2) is 21.9 Å². The summed E-state index contributed by atoms with van der Waals surface area (Å²) in [5, 5.41) is 3.40. The zero-order valence-electron chi connectivity index (χ0n) is 15.7. The summed E-state index contributed by atoms with van der Waals surface area (Å²) < 4.78 is 1.30. The van der Waals surface area contributed by atoms with Crippen LogP contribution in [0, 0.1) is 12.8 Å². The van der Waals surface area contributed by atoms with Crippen molar-refractivity contribution in [3.05, 3.63) is 43.7 Å². The van der Waals surface area contributed by atoms with Crippen LogP contribution in [-0.4, -0.2) is 38.4 Å². The number of carbonyl (C=O) groups is 1. The van der Waals surface area contributed by atoms with Crippen LogP contribution in [-0.2, 0) is 17.9 Å². The van der Waals surface area contributed by atoms with Gasteiger partial charge in [0.25, 0.3) is 5.56 Å². The topological polar surface area (TPSA) is 100 Å². The fourth-order valence-corrected chi connectivity index (χ4v) is 4.10. The first kappa shape index (κ1) is 19.5. The summed E-state index contributed by atoms with van der Waals surface area (Å²) in [6.07, 6.45) is 3.97. The molecule has 1 aliphatic heterocycles. The first-order valence-electron chi connectivity index (χ1n) is 9.19. The number of thiazole rings is 1. The van der Waals surface area contributed by atoms with E-state index in [1.54, 1.807) is 0 Å². The number of aromatic amines is 1. The van der Waals surface area contributed by atoms with Crippen LogP contribution < -0.4 is 16.6 Å². The van der Waals surface area contributed by atoms with Crippen molar-refractivity contribution < 1.29 is 4.79 Å². The Labute approximate surface area is 161 Å². The average Bonchev–Trinajstić information content (AvgIpc) is 2.95. The Kier molecular flexibility index (Phi) is 6.22. The molecule has 1 aliphatic rings. The highest BCUT2D eigenvalue weighted by molar-refractivity contribution is 7.15. The van der Waals surface area contributed by atoms with E-state index >= 15 is 0 Å². The maximum atomic E-state index is 12.2. The molecule has 8 nitrogen and oxygen atoms in total. The number of rotatable bonds is 6. The quantitative estimate of drug-likeness (QED) is 0.778. The Morgan fingerprint density at radius 3 is 2.81 bits per heavy atom. The molecule has 0 unspecified atom stereocenters. The highest BCUT2D eigenvalue weighted by atomic mass is 32.1. The van der Waals surface area contributed by atoms with Crippen LogP contribution in [0.3, 0.4) is 0 Å². The molecule has 2 N–H and O–H groups in total. The van der Waals surface area contributed by atoms with E-state index in [0.717, 1.165) is 31.2 Å². The van der Waals surface area contributed by atoms with Gasteiger partial charge in [-0.25, -0.2) is 9.78 Å². The number of amides is 1. The number of hydrogen-bond donors (Lipinski definition) is 2. The smallest absolute Gasteiger partial charge is 0.302 e. The summed E-state index contributed by atoms with van der Waals surface area (Å²) in [6, 6.07) is 1.26. The van der Waals surface area contributed by atoms with Gasteiger partial charge >= 0.3 is 5.69 Å². The summed E-state index contributed by atoms with van der Waals surface area (Å²) in [4.78, 5) is 45.1. The SMILES string of the molecule is Cc1nc(NC(=O)CCn2ccc(=O)[nH]c2=O)sc1CN1CCC(C)CC1. The summed E-state index contributed by atoms with van der Waals surface area (Å²) in [6.45, 7) is 7.55. The van der Waals surface area contributed by atoms with Crippen LogP contribution in [0.1, 0.15) is 36.8 Å². The molecule has 0 aromatic carbocycles. The Bertz CT molecular complexity index is 908. The monoisotopic (exact) mass is 391 g/mol. The lowest BCUT2D eigenvalue weighted by molar-refractivity contribution is -0.116. The molecule has 146 valence electrons. The second-order valence-corrected chi connectivity index (χ2v) is 8.17. The van der Waals surface area contributed by atoms with Gasteiger partial charge in [-0.1, -0.05) is 6.92 Å². The first-order chi connectivity index (χ1) is 12.9. The third-order valence-electron chi connectivity index (χ3n) is 4.86. The van der Waals surface area contributed by atoms with E-state index in [1.165, 1.54) is 45.9 Å². The number of aryl methyl sites for hydroxylation is 2. The van der Waals surface area contributed by atoms with Crippen LogP contribution in [0.25, 0.3) is 0 Å². The highest BCUT2D eigenvalue weighted by Crippen LogP contribution is 2.26. The van der Waals surface area contributed by atoms with Gasteiger partial charge in [-0.15, -0.1) is 11.3 Å². The molecule has 0 radical (unpaired) electrons. The van der Waals surface area contributed by atoms with Gasteiger partial charge in [0, 0.05) is 36.7 Å². The van der Waals surface area contributed by atoms with E-state index in [4.69, 9.17) is 0 Å². The molecule has 1 fully saturated rings. The molecule has 0 atom stereocenters. The number of H-pyrrole nitrogens is 1. The van der Waals surface area contributed by atoms with Crippen LogP contribution >= 0.6 is 11.3 Å².